The molecule has 2 aromatic rings. The molecule has 2 N–H and O–H groups in total. The third-order valence-electron chi connectivity index (χ3n) is 2.61. The highest BCUT2D eigenvalue weighted by Crippen LogP contribution is 2.33. The second-order valence-electron chi connectivity index (χ2n) is 3.89. The van der Waals surface area contributed by atoms with Crippen LogP contribution in [0.4, 0.5) is 0 Å². The van der Waals surface area contributed by atoms with Crippen molar-refractivity contribution >= 4 is 11.3 Å². The summed E-state index contributed by atoms with van der Waals surface area (Å²) in [6.07, 6.45) is 0.863. The van der Waals surface area contributed by atoms with Gasteiger partial charge in [-0.3, -0.25) is 0 Å². The minimum Gasteiger partial charge on any atom is -0.493 e. The standard InChI is InChI=1S/C13H17N3OS/c1-3-10(14)13-16-15-12(18-13)9-7-5-6-8-11(9)17-4-2/h5-8,10H,3-4,14H2,1-2H3. The fraction of sp³-hybridized carbons (Fsp3) is 0.385. The van der Waals surface area contributed by atoms with Crippen LogP contribution in [0.2, 0.25) is 0 Å². The number of ether oxygens (including phenoxy) is 1. The lowest BCUT2D eigenvalue weighted by Crippen LogP contribution is -2.07. The molecule has 18 heavy (non-hydrogen) atoms. The van der Waals surface area contributed by atoms with Crippen molar-refractivity contribution in [1.82, 2.24) is 10.2 Å². The first-order valence-electron chi connectivity index (χ1n) is 6.07. The first-order valence-corrected chi connectivity index (χ1v) is 6.89. The zero-order valence-corrected chi connectivity index (χ0v) is 11.4. The first kappa shape index (κ1) is 13.0. The third-order valence-corrected chi connectivity index (χ3v) is 3.70. The predicted molar refractivity (Wildman–Crippen MR) is 73.7 cm³/mol. The Labute approximate surface area is 111 Å². The summed E-state index contributed by atoms with van der Waals surface area (Å²) in [6, 6.07) is 7.83. The molecule has 1 atom stereocenters. The second-order valence-corrected chi connectivity index (χ2v) is 4.90. The fourth-order valence-electron chi connectivity index (χ4n) is 1.59. The molecule has 1 aromatic heterocycles. The molecule has 0 aliphatic carbocycles. The molecule has 2 rings (SSSR count). The number of para-hydroxylation sites is 1. The van der Waals surface area contributed by atoms with E-state index in [0.717, 1.165) is 27.7 Å². The monoisotopic (exact) mass is 263 g/mol. The molecule has 0 amide bonds. The van der Waals surface area contributed by atoms with Crippen LogP contribution in [0.5, 0.6) is 5.75 Å². The lowest BCUT2D eigenvalue weighted by Gasteiger charge is -2.06. The molecule has 0 saturated heterocycles. The van der Waals surface area contributed by atoms with E-state index < -0.39 is 0 Å². The van der Waals surface area contributed by atoms with Gasteiger partial charge in [0.05, 0.1) is 18.2 Å². The zero-order valence-electron chi connectivity index (χ0n) is 10.6. The molecule has 1 heterocycles. The largest absolute Gasteiger partial charge is 0.493 e. The number of nitrogens with two attached hydrogens (primary N) is 1. The molecule has 1 aromatic carbocycles. The summed E-state index contributed by atoms with van der Waals surface area (Å²) in [7, 11) is 0. The van der Waals surface area contributed by atoms with Crippen molar-refractivity contribution in [3.05, 3.63) is 29.3 Å². The minimum atomic E-state index is -0.0319. The zero-order chi connectivity index (χ0) is 13.0. The van der Waals surface area contributed by atoms with Crippen molar-refractivity contribution in [3.8, 4) is 16.3 Å². The summed E-state index contributed by atoms with van der Waals surface area (Å²) in [5, 5.41) is 10.1. The van der Waals surface area contributed by atoms with E-state index in [-0.39, 0.29) is 6.04 Å². The normalized spacial score (nSPS) is 12.4. The van der Waals surface area contributed by atoms with E-state index in [4.69, 9.17) is 10.5 Å². The highest BCUT2D eigenvalue weighted by atomic mass is 32.1. The van der Waals surface area contributed by atoms with Gasteiger partial charge >= 0.3 is 0 Å². The Bertz CT molecular complexity index is 512. The van der Waals surface area contributed by atoms with Gasteiger partial charge in [-0.2, -0.15) is 0 Å². The molecule has 0 aliphatic rings. The van der Waals surface area contributed by atoms with Gasteiger partial charge in [-0.05, 0) is 25.5 Å². The van der Waals surface area contributed by atoms with E-state index in [1.165, 1.54) is 11.3 Å². The van der Waals surface area contributed by atoms with Crippen LogP contribution >= 0.6 is 11.3 Å². The van der Waals surface area contributed by atoms with Gasteiger partial charge in [0.25, 0.3) is 0 Å². The number of aromatic nitrogens is 2. The summed E-state index contributed by atoms with van der Waals surface area (Å²) >= 11 is 1.53. The summed E-state index contributed by atoms with van der Waals surface area (Å²) in [5.41, 5.74) is 6.94. The number of nitrogens with zero attached hydrogens (tertiary/aromatic N) is 2. The van der Waals surface area contributed by atoms with Crippen molar-refractivity contribution in [2.24, 2.45) is 5.73 Å². The molecule has 4 nitrogen and oxygen atoms in total. The number of hydrogen-bond donors (Lipinski definition) is 1. The van der Waals surface area contributed by atoms with Crippen LogP contribution in [-0.4, -0.2) is 16.8 Å². The maximum atomic E-state index is 5.96. The van der Waals surface area contributed by atoms with Crippen molar-refractivity contribution in [2.75, 3.05) is 6.61 Å². The molecule has 0 radical (unpaired) electrons. The Morgan fingerprint density at radius 1 is 1.28 bits per heavy atom. The smallest absolute Gasteiger partial charge is 0.151 e. The lowest BCUT2D eigenvalue weighted by molar-refractivity contribution is 0.341. The Kier molecular flexibility index (Phi) is 4.28. The lowest BCUT2D eigenvalue weighted by atomic mass is 10.2. The van der Waals surface area contributed by atoms with Crippen LogP contribution in [0.3, 0.4) is 0 Å². The Hall–Kier alpha value is -1.46. The Morgan fingerprint density at radius 3 is 2.78 bits per heavy atom. The van der Waals surface area contributed by atoms with Gasteiger partial charge in [0.15, 0.2) is 5.01 Å². The highest BCUT2D eigenvalue weighted by Gasteiger charge is 2.14. The van der Waals surface area contributed by atoms with Gasteiger partial charge in [-0.1, -0.05) is 30.4 Å². The van der Waals surface area contributed by atoms with Crippen molar-refractivity contribution in [1.29, 1.82) is 0 Å². The van der Waals surface area contributed by atoms with E-state index in [1.807, 2.05) is 38.1 Å². The number of rotatable bonds is 5. The number of benzene rings is 1. The molecule has 0 aliphatic heterocycles. The van der Waals surface area contributed by atoms with Crippen molar-refractivity contribution in [3.63, 3.8) is 0 Å². The van der Waals surface area contributed by atoms with E-state index in [1.54, 1.807) is 0 Å². The molecular weight excluding hydrogens is 246 g/mol. The molecule has 96 valence electrons. The molecule has 0 bridgehead atoms. The summed E-state index contributed by atoms with van der Waals surface area (Å²) < 4.78 is 5.60. The van der Waals surface area contributed by atoms with E-state index in [0.29, 0.717) is 6.61 Å². The molecule has 5 heteroatoms. The Morgan fingerprint density at radius 2 is 2.06 bits per heavy atom. The molecule has 0 spiro atoms. The van der Waals surface area contributed by atoms with Crippen LogP contribution in [0, 0.1) is 0 Å². The predicted octanol–water partition coefficient (Wildman–Crippen LogP) is 3.01. The molecule has 1 unspecified atom stereocenters. The van der Waals surface area contributed by atoms with Gasteiger partial charge in [0, 0.05) is 0 Å². The quantitative estimate of drug-likeness (QED) is 0.900. The van der Waals surface area contributed by atoms with Crippen molar-refractivity contribution < 1.29 is 4.74 Å². The topological polar surface area (TPSA) is 61.0 Å². The third kappa shape index (κ3) is 2.68. The van der Waals surface area contributed by atoms with Gasteiger partial charge in [0.1, 0.15) is 10.8 Å². The van der Waals surface area contributed by atoms with Crippen LogP contribution in [-0.2, 0) is 0 Å². The van der Waals surface area contributed by atoms with Gasteiger partial charge in [-0.25, -0.2) is 0 Å². The van der Waals surface area contributed by atoms with Gasteiger partial charge in [-0.15, -0.1) is 10.2 Å². The second kappa shape index (κ2) is 5.93. The fourth-order valence-corrected chi connectivity index (χ4v) is 2.55. The average Bonchev–Trinajstić information content (AvgIpc) is 2.88. The van der Waals surface area contributed by atoms with Crippen LogP contribution in [0.1, 0.15) is 31.3 Å². The summed E-state index contributed by atoms with van der Waals surface area (Å²) in [4.78, 5) is 0. The average molecular weight is 263 g/mol. The molecular formula is C13H17N3OS. The van der Waals surface area contributed by atoms with E-state index in [9.17, 15) is 0 Å². The Balaban J connectivity index is 2.33. The van der Waals surface area contributed by atoms with E-state index in [2.05, 4.69) is 10.2 Å². The molecule has 0 saturated carbocycles. The minimum absolute atomic E-state index is 0.0319. The van der Waals surface area contributed by atoms with Crippen LogP contribution in [0.25, 0.3) is 10.6 Å². The van der Waals surface area contributed by atoms with Crippen LogP contribution in [0.15, 0.2) is 24.3 Å². The highest BCUT2D eigenvalue weighted by molar-refractivity contribution is 7.14. The first-order chi connectivity index (χ1) is 8.76. The summed E-state index contributed by atoms with van der Waals surface area (Å²) in [5.74, 6) is 0.841. The number of hydrogen-bond acceptors (Lipinski definition) is 5. The van der Waals surface area contributed by atoms with E-state index >= 15 is 0 Å². The molecule has 0 fully saturated rings. The van der Waals surface area contributed by atoms with Gasteiger partial charge in [0.2, 0.25) is 0 Å². The summed E-state index contributed by atoms with van der Waals surface area (Å²) in [6.45, 7) is 4.65. The maximum Gasteiger partial charge on any atom is 0.151 e. The van der Waals surface area contributed by atoms with Crippen molar-refractivity contribution in [2.45, 2.75) is 26.3 Å². The SMILES string of the molecule is CCOc1ccccc1-c1nnc(C(N)CC)s1. The van der Waals surface area contributed by atoms with Crippen LogP contribution < -0.4 is 10.5 Å². The van der Waals surface area contributed by atoms with Gasteiger partial charge < -0.3 is 10.5 Å². The maximum absolute atomic E-state index is 5.96.